The molecule has 0 bridgehead atoms. The van der Waals surface area contributed by atoms with Crippen molar-refractivity contribution < 1.29 is 12.8 Å². The summed E-state index contributed by atoms with van der Waals surface area (Å²) in [7, 11) is -3.73. The summed E-state index contributed by atoms with van der Waals surface area (Å²) >= 11 is 0. The predicted octanol–water partition coefficient (Wildman–Crippen LogP) is 2.60. The van der Waals surface area contributed by atoms with Gasteiger partial charge < -0.3 is 5.32 Å². The Bertz CT molecular complexity index is 726. The third-order valence-electron chi connectivity index (χ3n) is 3.07. The average Bonchev–Trinajstić information content (AvgIpc) is 3.25. The van der Waals surface area contributed by atoms with Crippen molar-refractivity contribution in [2.24, 2.45) is 0 Å². The van der Waals surface area contributed by atoms with Gasteiger partial charge in [-0.2, -0.15) is 0 Å². The van der Waals surface area contributed by atoms with Crippen LogP contribution in [0.5, 0.6) is 0 Å². The van der Waals surface area contributed by atoms with Gasteiger partial charge in [0.05, 0.1) is 16.8 Å². The number of aromatic nitrogens is 1. The molecule has 1 aliphatic rings. The lowest BCUT2D eigenvalue weighted by Gasteiger charge is -2.09. The van der Waals surface area contributed by atoms with Crippen molar-refractivity contribution in [2.75, 3.05) is 10.0 Å². The maximum Gasteiger partial charge on any atom is 0.261 e. The van der Waals surface area contributed by atoms with Gasteiger partial charge in [0.15, 0.2) is 0 Å². The van der Waals surface area contributed by atoms with Crippen molar-refractivity contribution in [2.45, 2.75) is 23.8 Å². The van der Waals surface area contributed by atoms with Crippen molar-refractivity contribution in [3.63, 3.8) is 0 Å². The minimum Gasteiger partial charge on any atom is -0.367 e. The van der Waals surface area contributed by atoms with E-state index in [0.717, 1.165) is 30.8 Å². The Labute approximate surface area is 122 Å². The topological polar surface area (TPSA) is 71.1 Å². The number of pyridine rings is 1. The number of anilines is 2. The van der Waals surface area contributed by atoms with Crippen molar-refractivity contribution in [1.82, 2.24) is 4.98 Å². The van der Waals surface area contributed by atoms with E-state index in [0.29, 0.717) is 11.7 Å². The van der Waals surface area contributed by atoms with E-state index in [-0.39, 0.29) is 4.90 Å². The maximum absolute atomic E-state index is 12.8. The zero-order valence-electron chi connectivity index (χ0n) is 11.1. The van der Waals surface area contributed by atoms with Crippen molar-refractivity contribution in [3.8, 4) is 0 Å². The van der Waals surface area contributed by atoms with E-state index >= 15 is 0 Å². The third-order valence-corrected chi connectivity index (χ3v) is 4.47. The Kier molecular flexibility index (Phi) is 3.50. The first kappa shape index (κ1) is 13.8. The number of nitrogens with one attached hydrogen (secondary N) is 2. The first-order chi connectivity index (χ1) is 10.0. The minimum atomic E-state index is -3.73. The molecule has 1 saturated carbocycles. The molecular weight excluding hydrogens is 293 g/mol. The van der Waals surface area contributed by atoms with E-state index in [9.17, 15) is 12.8 Å². The van der Waals surface area contributed by atoms with Gasteiger partial charge in [0.1, 0.15) is 11.6 Å². The number of hydrogen-bond donors (Lipinski definition) is 2. The zero-order valence-corrected chi connectivity index (χ0v) is 11.9. The predicted molar refractivity (Wildman–Crippen MR) is 78.1 cm³/mol. The van der Waals surface area contributed by atoms with Gasteiger partial charge in [-0.15, -0.1) is 0 Å². The molecule has 0 radical (unpaired) electrons. The lowest BCUT2D eigenvalue weighted by molar-refractivity contribution is 0.599. The molecule has 0 unspecified atom stereocenters. The monoisotopic (exact) mass is 307 g/mol. The molecule has 0 saturated heterocycles. The zero-order chi connectivity index (χ0) is 14.9. The normalized spacial score (nSPS) is 14.7. The lowest BCUT2D eigenvalue weighted by atomic mass is 10.4. The van der Waals surface area contributed by atoms with Gasteiger partial charge in [0, 0.05) is 6.04 Å². The summed E-state index contributed by atoms with van der Waals surface area (Å²) in [6, 6.07) is 8.49. The summed E-state index contributed by atoms with van der Waals surface area (Å²) in [5.41, 5.74) is 0.362. The molecule has 1 aromatic heterocycles. The fraction of sp³-hybridized carbons (Fsp3) is 0.214. The Morgan fingerprint density at radius 1 is 1.10 bits per heavy atom. The molecule has 0 amide bonds. The molecule has 1 heterocycles. The summed E-state index contributed by atoms with van der Waals surface area (Å²) in [6.07, 6.45) is 3.73. The average molecular weight is 307 g/mol. The van der Waals surface area contributed by atoms with E-state index in [2.05, 4.69) is 15.0 Å². The first-order valence-corrected chi connectivity index (χ1v) is 8.02. The van der Waals surface area contributed by atoms with Crippen LogP contribution in [0.1, 0.15) is 12.8 Å². The Hall–Kier alpha value is -2.15. The van der Waals surface area contributed by atoms with Crippen LogP contribution in [0.25, 0.3) is 0 Å². The first-order valence-electron chi connectivity index (χ1n) is 6.54. The Morgan fingerprint density at radius 3 is 2.38 bits per heavy atom. The highest BCUT2D eigenvalue weighted by molar-refractivity contribution is 7.92. The van der Waals surface area contributed by atoms with Crippen molar-refractivity contribution in [1.29, 1.82) is 0 Å². The van der Waals surface area contributed by atoms with E-state index in [1.54, 1.807) is 12.1 Å². The number of rotatable bonds is 5. The molecule has 5 nitrogen and oxygen atoms in total. The van der Waals surface area contributed by atoms with Gasteiger partial charge in [-0.05, 0) is 49.2 Å². The second kappa shape index (κ2) is 5.33. The highest BCUT2D eigenvalue weighted by Gasteiger charge is 2.21. The molecule has 2 aromatic rings. The van der Waals surface area contributed by atoms with Gasteiger partial charge in [-0.3, -0.25) is 4.72 Å². The van der Waals surface area contributed by atoms with Crippen LogP contribution in [0.2, 0.25) is 0 Å². The van der Waals surface area contributed by atoms with Crippen LogP contribution in [0, 0.1) is 5.82 Å². The largest absolute Gasteiger partial charge is 0.367 e. The number of halogens is 1. The lowest BCUT2D eigenvalue weighted by Crippen LogP contribution is -2.13. The molecule has 110 valence electrons. The number of hydrogen-bond acceptors (Lipinski definition) is 4. The second-order valence-corrected chi connectivity index (χ2v) is 6.59. The van der Waals surface area contributed by atoms with Gasteiger partial charge >= 0.3 is 0 Å². The molecule has 3 rings (SSSR count). The van der Waals surface area contributed by atoms with Crippen LogP contribution in [0.15, 0.2) is 47.5 Å². The number of sulfonamides is 1. The fourth-order valence-corrected chi connectivity index (χ4v) is 2.85. The molecule has 7 heteroatoms. The van der Waals surface area contributed by atoms with Gasteiger partial charge in [-0.1, -0.05) is 0 Å². The van der Waals surface area contributed by atoms with Crippen molar-refractivity contribution >= 4 is 21.5 Å². The van der Waals surface area contributed by atoms with E-state index in [1.807, 2.05) is 0 Å². The highest BCUT2D eigenvalue weighted by Crippen LogP contribution is 2.24. The van der Waals surface area contributed by atoms with Gasteiger partial charge in [0.2, 0.25) is 0 Å². The number of benzene rings is 1. The summed E-state index contributed by atoms with van der Waals surface area (Å²) in [5.74, 6) is 0.244. The van der Waals surface area contributed by atoms with Crippen LogP contribution >= 0.6 is 0 Å². The quantitative estimate of drug-likeness (QED) is 0.890. The summed E-state index contributed by atoms with van der Waals surface area (Å²) < 4.78 is 39.5. The maximum atomic E-state index is 12.8. The molecule has 1 fully saturated rings. The number of nitrogens with zero attached hydrogens (tertiary/aromatic N) is 1. The molecule has 2 N–H and O–H groups in total. The summed E-state index contributed by atoms with van der Waals surface area (Å²) in [4.78, 5) is 4.16. The van der Waals surface area contributed by atoms with Gasteiger partial charge in [0.25, 0.3) is 10.0 Å². The van der Waals surface area contributed by atoms with E-state index in [4.69, 9.17) is 0 Å². The van der Waals surface area contributed by atoms with E-state index < -0.39 is 15.8 Å². The molecule has 21 heavy (non-hydrogen) atoms. The van der Waals surface area contributed by atoms with Crippen LogP contribution in [-0.4, -0.2) is 19.4 Å². The van der Waals surface area contributed by atoms with Crippen molar-refractivity contribution in [3.05, 3.63) is 48.4 Å². The highest BCUT2D eigenvalue weighted by atomic mass is 32.2. The van der Waals surface area contributed by atoms with Crippen LogP contribution in [-0.2, 0) is 10.0 Å². The summed E-state index contributed by atoms with van der Waals surface area (Å²) in [6.45, 7) is 0. The fourth-order valence-electron chi connectivity index (χ4n) is 1.80. The van der Waals surface area contributed by atoms with Crippen LogP contribution in [0.4, 0.5) is 15.9 Å². The minimum absolute atomic E-state index is 0.00378. The second-order valence-electron chi connectivity index (χ2n) is 4.91. The molecule has 0 spiro atoms. The van der Waals surface area contributed by atoms with E-state index in [1.165, 1.54) is 18.3 Å². The summed E-state index contributed by atoms with van der Waals surface area (Å²) in [5, 5.41) is 3.21. The molecule has 0 aliphatic heterocycles. The molecule has 0 atom stereocenters. The standard InChI is InChI=1S/C14H14FN3O2S/c15-10-1-6-13(7-2-10)21(19,20)18-12-5-8-14(16-9-12)17-11-3-4-11/h1-2,5-9,11,18H,3-4H2,(H,16,17). The molecule has 1 aromatic carbocycles. The SMILES string of the molecule is O=S(=O)(Nc1ccc(NC2CC2)nc1)c1ccc(F)cc1. The third kappa shape index (κ3) is 3.49. The van der Waals surface area contributed by atoms with Crippen LogP contribution < -0.4 is 10.0 Å². The molecular formula is C14H14FN3O2S. The van der Waals surface area contributed by atoms with Gasteiger partial charge in [-0.25, -0.2) is 17.8 Å². The smallest absolute Gasteiger partial charge is 0.261 e. The Balaban J connectivity index is 1.73. The van der Waals surface area contributed by atoms with Crippen LogP contribution in [0.3, 0.4) is 0 Å². The molecule has 1 aliphatic carbocycles. The Morgan fingerprint density at radius 2 is 1.81 bits per heavy atom.